The average Bonchev–Trinajstić information content (AvgIpc) is 3.09. The van der Waals surface area contributed by atoms with Gasteiger partial charge in [0.15, 0.2) is 0 Å². The minimum absolute atomic E-state index is 0.0708. The number of hydrogen-bond donors (Lipinski definition) is 2. The largest absolute Gasteiger partial charge is 0.345 e. The van der Waals surface area contributed by atoms with Gasteiger partial charge in [-0.1, -0.05) is 32.0 Å². The number of halogens is 1. The number of nitrogens with two attached hydrogens (primary N) is 1. The van der Waals surface area contributed by atoms with Crippen molar-refractivity contribution in [3.8, 4) is 0 Å². The van der Waals surface area contributed by atoms with Gasteiger partial charge in [0.05, 0.1) is 11.6 Å². The highest BCUT2D eigenvalue weighted by Gasteiger charge is 2.47. The summed E-state index contributed by atoms with van der Waals surface area (Å²) in [5, 5.41) is 2.90. The molecule has 1 saturated carbocycles. The maximum absolute atomic E-state index is 13.8. The van der Waals surface area contributed by atoms with Gasteiger partial charge in [-0.3, -0.25) is 4.79 Å². The Morgan fingerprint density at radius 2 is 2.00 bits per heavy atom. The van der Waals surface area contributed by atoms with E-state index in [1.807, 2.05) is 13.8 Å². The van der Waals surface area contributed by atoms with Gasteiger partial charge in [-0.25, -0.2) is 4.39 Å². The van der Waals surface area contributed by atoms with Crippen LogP contribution in [0.2, 0.25) is 0 Å². The van der Waals surface area contributed by atoms with Crippen molar-refractivity contribution in [1.82, 2.24) is 5.32 Å². The van der Waals surface area contributed by atoms with Crippen molar-refractivity contribution in [3.63, 3.8) is 0 Å². The summed E-state index contributed by atoms with van der Waals surface area (Å²) in [4.78, 5) is 12.0. The normalized spacial score (nSPS) is 18.5. The Morgan fingerprint density at radius 1 is 1.39 bits per heavy atom. The molecule has 1 atom stereocenters. The van der Waals surface area contributed by atoms with Crippen molar-refractivity contribution >= 4 is 5.91 Å². The highest BCUT2D eigenvalue weighted by atomic mass is 19.1. The second-order valence-electron chi connectivity index (χ2n) is 5.32. The van der Waals surface area contributed by atoms with Gasteiger partial charge in [0.1, 0.15) is 5.82 Å². The Morgan fingerprint density at radius 3 is 2.50 bits per heavy atom. The molecule has 0 saturated heterocycles. The van der Waals surface area contributed by atoms with E-state index in [9.17, 15) is 9.18 Å². The van der Waals surface area contributed by atoms with E-state index in [-0.39, 0.29) is 17.6 Å². The van der Waals surface area contributed by atoms with Crippen LogP contribution in [-0.2, 0) is 10.3 Å². The van der Waals surface area contributed by atoms with Crippen LogP contribution in [0.1, 0.15) is 32.3 Å². The van der Waals surface area contributed by atoms with Gasteiger partial charge in [0.2, 0.25) is 5.91 Å². The minimum Gasteiger partial charge on any atom is -0.345 e. The maximum atomic E-state index is 13.8. The van der Waals surface area contributed by atoms with E-state index in [1.165, 1.54) is 6.07 Å². The van der Waals surface area contributed by atoms with Crippen molar-refractivity contribution in [1.29, 1.82) is 0 Å². The van der Waals surface area contributed by atoms with Crippen molar-refractivity contribution in [2.45, 2.75) is 38.3 Å². The Bertz CT molecular complexity index is 455. The molecular formula is C14H19FN2O. The standard InChI is InChI=1S/C14H19FN2O/c1-9(2)12(16)13(18)17-14(7-8-14)10-5-3-4-6-11(10)15/h3-6,9,12H,7-8,16H2,1-2H3,(H,17,18). The highest BCUT2D eigenvalue weighted by Crippen LogP contribution is 2.46. The molecule has 4 heteroatoms. The highest BCUT2D eigenvalue weighted by molar-refractivity contribution is 5.83. The van der Waals surface area contributed by atoms with Crippen LogP contribution >= 0.6 is 0 Å². The fourth-order valence-corrected chi connectivity index (χ4v) is 2.06. The predicted molar refractivity (Wildman–Crippen MR) is 68.3 cm³/mol. The van der Waals surface area contributed by atoms with E-state index in [4.69, 9.17) is 5.73 Å². The molecule has 18 heavy (non-hydrogen) atoms. The molecule has 3 N–H and O–H groups in total. The van der Waals surface area contributed by atoms with E-state index in [0.29, 0.717) is 5.56 Å². The van der Waals surface area contributed by atoms with Gasteiger partial charge in [-0.05, 0) is 24.8 Å². The molecule has 98 valence electrons. The van der Waals surface area contributed by atoms with Crippen LogP contribution < -0.4 is 11.1 Å². The maximum Gasteiger partial charge on any atom is 0.237 e. The van der Waals surface area contributed by atoms with Crippen LogP contribution in [0.4, 0.5) is 4.39 Å². The van der Waals surface area contributed by atoms with E-state index in [1.54, 1.807) is 18.2 Å². The van der Waals surface area contributed by atoms with Crippen LogP contribution in [0.25, 0.3) is 0 Å². The van der Waals surface area contributed by atoms with Crippen LogP contribution in [0, 0.1) is 11.7 Å². The van der Waals surface area contributed by atoms with Crippen molar-refractivity contribution in [2.24, 2.45) is 11.7 Å². The molecule has 0 radical (unpaired) electrons. The van der Waals surface area contributed by atoms with E-state index < -0.39 is 11.6 Å². The number of rotatable bonds is 4. The van der Waals surface area contributed by atoms with Gasteiger partial charge in [0.25, 0.3) is 0 Å². The first-order valence-electron chi connectivity index (χ1n) is 6.29. The molecular weight excluding hydrogens is 231 g/mol. The van der Waals surface area contributed by atoms with E-state index >= 15 is 0 Å². The lowest BCUT2D eigenvalue weighted by molar-refractivity contribution is -0.124. The first kappa shape index (κ1) is 13.0. The van der Waals surface area contributed by atoms with Crippen molar-refractivity contribution in [2.75, 3.05) is 0 Å². The SMILES string of the molecule is CC(C)C(N)C(=O)NC1(c2ccccc2F)CC1. The lowest BCUT2D eigenvalue weighted by Gasteiger charge is -2.22. The Kier molecular flexibility index (Phi) is 3.39. The summed E-state index contributed by atoms with van der Waals surface area (Å²) in [6, 6.07) is 6.03. The zero-order chi connectivity index (χ0) is 13.3. The zero-order valence-electron chi connectivity index (χ0n) is 10.7. The molecule has 1 unspecified atom stereocenters. The molecule has 1 fully saturated rings. The quantitative estimate of drug-likeness (QED) is 0.857. The van der Waals surface area contributed by atoms with Crippen LogP contribution in [0.15, 0.2) is 24.3 Å². The molecule has 2 rings (SSSR count). The molecule has 3 nitrogen and oxygen atoms in total. The molecule has 1 aliphatic carbocycles. The molecule has 0 aliphatic heterocycles. The third-order valence-electron chi connectivity index (χ3n) is 3.52. The molecule has 0 bridgehead atoms. The minimum atomic E-state index is -0.547. The predicted octanol–water partition coefficient (Wildman–Crippen LogP) is 1.91. The summed E-state index contributed by atoms with van der Waals surface area (Å²) in [5.74, 6) is -0.402. The number of benzene rings is 1. The first-order chi connectivity index (χ1) is 8.46. The summed E-state index contributed by atoms with van der Waals surface area (Å²) in [6.45, 7) is 3.79. The number of nitrogens with one attached hydrogen (secondary N) is 1. The number of carbonyl (C=O) groups excluding carboxylic acids is 1. The van der Waals surface area contributed by atoms with Gasteiger partial charge in [-0.15, -0.1) is 0 Å². The topological polar surface area (TPSA) is 55.1 Å². The summed E-state index contributed by atoms with van der Waals surface area (Å²) >= 11 is 0. The number of hydrogen-bond acceptors (Lipinski definition) is 2. The fourth-order valence-electron chi connectivity index (χ4n) is 2.06. The molecule has 1 amide bonds. The first-order valence-corrected chi connectivity index (χ1v) is 6.29. The summed E-state index contributed by atoms with van der Waals surface area (Å²) in [5.41, 5.74) is 5.84. The average molecular weight is 250 g/mol. The van der Waals surface area contributed by atoms with Gasteiger partial charge >= 0.3 is 0 Å². The van der Waals surface area contributed by atoms with Gasteiger partial charge in [0, 0.05) is 5.56 Å². The van der Waals surface area contributed by atoms with Gasteiger partial charge < -0.3 is 11.1 Å². The Balaban J connectivity index is 2.14. The van der Waals surface area contributed by atoms with Crippen molar-refractivity contribution in [3.05, 3.63) is 35.6 Å². The fraction of sp³-hybridized carbons (Fsp3) is 0.500. The number of amides is 1. The van der Waals surface area contributed by atoms with Crippen LogP contribution in [-0.4, -0.2) is 11.9 Å². The second kappa shape index (κ2) is 4.69. The third kappa shape index (κ3) is 2.38. The van der Waals surface area contributed by atoms with Gasteiger partial charge in [-0.2, -0.15) is 0 Å². The molecule has 0 aromatic heterocycles. The molecule has 0 spiro atoms. The molecule has 1 aromatic rings. The molecule has 0 heterocycles. The van der Waals surface area contributed by atoms with Crippen molar-refractivity contribution < 1.29 is 9.18 Å². The smallest absolute Gasteiger partial charge is 0.237 e. The third-order valence-corrected chi connectivity index (χ3v) is 3.52. The molecule has 1 aromatic carbocycles. The van der Waals surface area contributed by atoms with Crippen LogP contribution in [0.3, 0.4) is 0 Å². The summed E-state index contributed by atoms with van der Waals surface area (Å²) in [6.07, 6.45) is 1.54. The van der Waals surface area contributed by atoms with Crippen LogP contribution in [0.5, 0.6) is 0 Å². The number of carbonyl (C=O) groups is 1. The summed E-state index contributed by atoms with van der Waals surface area (Å²) in [7, 11) is 0. The molecule has 1 aliphatic rings. The lowest BCUT2D eigenvalue weighted by Crippen LogP contribution is -2.48. The second-order valence-corrected chi connectivity index (χ2v) is 5.32. The van der Waals surface area contributed by atoms with E-state index in [2.05, 4.69) is 5.32 Å². The monoisotopic (exact) mass is 250 g/mol. The Labute approximate surface area is 107 Å². The zero-order valence-corrected chi connectivity index (χ0v) is 10.7. The Hall–Kier alpha value is -1.42. The summed E-state index contributed by atoms with van der Waals surface area (Å²) < 4.78 is 13.8. The van der Waals surface area contributed by atoms with E-state index in [0.717, 1.165) is 12.8 Å². The lowest BCUT2D eigenvalue weighted by atomic mass is 10.0.